The van der Waals surface area contributed by atoms with Gasteiger partial charge in [0.25, 0.3) is 0 Å². The number of thiophene rings is 1. The Labute approximate surface area is 91.8 Å². The van der Waals surface area contributed by atoms with Gasteiger partial charge < -0.3 is 0 Å². The lowest BCUT2D eigenvalue weighted by Gasteiger charge is -2.02. The maximum Gasteiger partial charge on any atom is 0.141 e. The fourth-order valence-electron chi connectivity index (χ4n) is 1.75. The molecule has 0 aliphatic carbocycles. The lowest BCUT2D eigenvalue weighted by molar-refractivity contribution is 0.641. The second kappa shape index (κ2) is 4.00. The van der Waals surface area contributed by atoms with Crippen LogP contribution in [0.4, 0.5) is 4.39 Å². The zero-order valence-corrected chi connectivity index (χ0v) is 9.20. The van der Waals surface area contributed by atoms with E-state index < -0.39 is 0 Å². The van der Waals surface area contributed by atoms with E-state index in [-0.39, 0.29) is 5.82 Å². The minimum Gasteiger partial charge on any atom is -0.205 e. The van der Waals surface area contributed by atoms with Gasteiger partial charge in [-0.3, -0.25) is 0 Å². The fraction of sp³-hybridized carbons (Fsp3) is 0.250. The van der Waals surface area contributed by atoms with Gasteiger partial charge in [0.1, 0.15) is 11.9 Å². The van der Waals surface area contributed by atoms with E-state index in [1.54, 1.807) is 11.4 Å². The van der Waals surface area contributed by atoms with Gasteiger partial charge in [-0.2, -0.15) is 5.26 Å². The highest BCUT2D eigenvalue weighted by Gasteiger charge is 2.11. The second-order valence-electron chi connectivity index (χ2n) is 3.42. The lowest BCUT2D eigenvalue weighted by Crippen LogP contribution is -1.87. The first-order valence-corrected chi connectivity index (χ1v) is 5.74. The van der Waals surface area contributed by atoms with Crippen LogP contribution in [0.1, 0.15) is 24.5 Å². The third-order valence-corrected chi connectivity index (χ3v) is 3.39. The summed E-state index contributed by atoms with van der Waals surface area (Å²) in [6.07, 6.45) is 1.89. The molecule has 0 atom stereocenters. The number of hydrogen-bond donors (Lipinski definition) is 0. The van der Waals surface area contributed by atoms with Crippen molar-refractivity contribution in [1.82, 2.24) is 0 Å². The Morgan fingerprint density at radius 2 is 2.27 bits per heavy atom. The summed E-state index contributed by atoms with van der Waals surface area (Å²) in [5.41, 5.74) is 1.67. The minimum atomic E-state index is -0.226. The average molecular weight is 219 g/mol. The van der Waals surface area contributed by atoms with Crippen LogP contribution in [-0.4, -0.2) is 0 Å². The smallest absolute Gasteiger partial charge is 0.141 e. The van der Waals surface area contributed by atoms with Crippen LogP contribution in [0.3, 0.4) is 0 Å². The van der Waals surface area contributed by atoms with Gasteiger partial charge in [-0.05, 0) is 18.1 Å². The van der Waals surface area contributed by atoms with Gasteiger partial charge in [0.05, 0.1) is 10.3 Å². The number of fused-ring (bicyclic) bond motifs is 1. The molecule has 1 aromatic heterocycles. The molecule has 76 valence electrons. The first-order valence-electron chi connectivity index (χ1n) is 4.86. The number of hydrogen-bond acceptors (Lipinski definition) is 2. The first kappa shape index (κ1) is 10.1. The van der Waals surface area contributed by atoms with Crippen molar-refractivity contribution in [2.75, 3.05) is 0 Å². The molecule has 0 spiro atoms. The number of benzene rings is 1. The molecule has 2 rings (SSSR count). The van der Waals surface area contributed by atoms with Crippen LogP contribution in [0.5, 0.6) is 0 Å². The fourth-order valence-corrected chi connectivity index (χ4v) is 2.69. The molecule has 0 aliphatic rings. The average Bonchev–Trinajstić information content (AvgIpc) is 2.67. The van der Waals surface area contributed by atoms with Crippen LogP contribution in [0.2, 0.25) is 0 Å². The van der Waals surface area contributed by atoms with Crippen LogP contribution in [-0.2, 0) is 6.42 Å². The predicted molar refractivity (Wildman–Crippen MR) is 60.5 cm³/mol. The molecular weight excluding hydrogens is 209 g/mol. The van der Waals surface area contributed by atoms with Crippen molar-refractivity contribution < 1.29 is 4.39 Å². The molecule has 0 aliphatic heterocycles. The molecule has 3 heteroatoms. The quantitative estimate of drug-likeness (QED) is 0.752. The van der Waals surface area contributed by atoms with Crippen molar-refractivity contribution in [3.8, 4) is 6.07 Å². The van der Waals surface area contributed by atoms with E-state index in [0.29, 0.717) is 10.3 Å². The number of nitrogens with zero attached hydrogens (tertiary/aromatic N) is 1. The van der Waals surface area contributed by atoms with Gasteiger partial charge in [-0.25, -0.2) is 4.39 Å². The van der Waals surface area contributed by atoms with Gasteiger partial charge in [-0.15, -0.1) is 11.3 Å². The summed E-state index contributed by atoms with van der Waals surface area (Å²) in [6.45, 7) is 2.08. The van der Waals surface area contributed by atoms with Crippen molar-refractivity contribution in [3.63, 3.8) is 0 Å². The van der Waals surface area contributed by atoms with Crippen molar-refractivity contribution >= 4 is 21.4 Å². The molecule has 0 bridgehead atoms. The molecule has 1 nitrogen and oxygen atoms in total. The van der Waals surface area contributed by atoms with Crippen molar-refractivity contribution in [2.45, 2.75) is 19.8 Å². The van der Waals surface area contributed by atoms with E-state index >= 15 is 0 Å². The SMILES string of the molecule is CCCc1ccc(F)c2scc(C#N)c12. The monoisotopic (exact) mass is 219 g/mol. The minimum absolute atomic E-state index is 0.226. The summed E-state index contributed by atoms with van der Waals surface area (Å²) in [5.74, 6) is -0.226. The van der Waals surface area contributed by atoms with Crippen LogP contribution < -0.4 is 0 Å². The molecule has 0 saturated carbocycles. The normalized spacial score (nSPS) is 10.5. The predicted octanol–water partition coefficient (Wildman–Crippen LogP) is 3.86. The van der Waals surface area contributed by atoms with Gasteiger partial charge in [0, 0.05) is 10.8 Å². The topological polar surface area (TPSA) is 23.8 Å². The van der Waals surface area contributed by atoms with E-state index in [0.717, 1.165) is 23.8 Å². The maximum atomic E-state index is 13.5. The highest BCUT2D eigenvalue weighted by atomic mass is 32.1. The molecule has 0 radical (unpaired) electrons. The van der Waals surface area contributed by atoms with E-state index in [1.165, 1.54) is 17.4 Å². The maximum absolute atomic E-state index is 13.5. The van der Waals surface area contributed by atoms with Crippen LogP contribution >= 0.6 is 11.3 Å². The summed E-state index contributed by atoms with van der Waals surface area (Å²) in [7, 11) is 0. The number of nitriles is 1. The molecule has 0 N–H and O–H groups in total. The van der Waals surface area contributed by atoms with E-state index in [1.807, 2.05) is 0 Å². The summed E-state index contributed by atoms with van der Waals surface area (Å²) < 4.78 is 14.1. The molecule has 0 unspecified atom stereocenters. The Bertz CT molecular complexity index is 536. The first-order chi connectivity index (χ1) is 7.27. The largest absolute Gasteiger partial charge is 0.205 e. The van der Waals surface area contributed by atoms with E-state index in [9.17, 15) is 4.39 Å². The Morgan fingerprint density at radius 3 is 2.93 bits per heavy atom. The highest BCUT2D eigenvalue weighted by Crippen LogP contribution is 2.31. The van der Waals surface area contributed by atoms with Crippen LogP contribution in [0, 0.1) is 17.1 Å². The standard InChI is InChI=1S/C12H10FNS/c1-2-3-8-4-5-10(13)12-11(8)9(6-14)7-15-12/h4-5,7H,2-3H2,1H3. The Hall–Kier alpha value is -1.40. The Morgan fingerprint density at radius 1 is 1.47 bits per heavy atom. The molecule has 15 heavy (non-hydrogen) atoms. The summed E-state index contributed by atoms with van der Waals surface area (Å²) in [5, 5.41) is 11.5. The number of aryl methyl sites for hydroxylation is 1. The Kier molecular flexibility index (Phi) is 2.70. The molecule has 0 amide bonds. The lowest BCUT2D eigenvalue weighted by atomic mass is 10.0. The molecular formula is C12H10FNS. The molecule has 0 fully saturated rings. The van der Waals surface area contributed by atoms with Crippen LogP contribution in [0.15, 0.2) is 17.5 Å². The molecule has 1 aromatic carbocycles. The van der Waals surface area contributed by atoms with E-state index in [4.69, 9.17) is 5.26 Å². The summed E-state index contributed by atoms with van der Waals surface area (Å²) >= 11 is 1.31. The van der Waals surface area contributed by atoms with Gasteiger partial charge in [0.2, 0.25) is 0 Å². The van der Waals surface area contributed by atoms with Crippen molar-refractivity contribution in [1.29, 1.82) is 5.26 Å². The third kappa shape index (κ3) is 1.62. The second-order valence-corrected chi connectivity index (χ2v) is 4.30. The van der Waals surface area contributed by atoms with E-state index in [2.05, 4.69) is 13.0 Å². The van der Waals surface area contributed by atoms with Gasteiger partial charge in [-0.1, -0.05) is 19.4 Å². The highest BCUT2D eigenvalue weighted by molar-refractivity contribution is 7.17. The number of halogens is 1. The summed E-state index contributed by atoms with van der Waals surface area (Å²) in [4.78, 5) is 0. The van der Waals surface area contributed by atoms with Gasteiger partial charge >= 0.3 is 0 Å². The molecule has 2 aromatic rings. The summed E-state index contributed by atoms with van der Waals surface area (Å²) in [6, 6.07) is 5.40. The zero-order chi connectivity index (χ0) is 10.8. The van der Waals surface area contributed by atoms with Gasteiger partial charge in [0.15, 0.2) is 0 Å². The van der Waals surface area contributed by atoms with Crippen molar-refractivity contribution in [3.05, 3.63) is 34.5 Å². The molecule has 0 saturated heterocycles. The zero-order valence-electron chi connectivity index (χ0n) is 8.38. The van der Waals surface area contributed by atoms with Crippen LogP contribution in [0.25, 0.3) is 10.1 Å². The number of rotatable bonds is 2. The third-order valence-electron chi connectivity index (χ3n) is 2.40. The van der Waals surface area contributed by atoms with Crippen molar-refractivity contribution in [2.24, 2.45) is 0 Å². The molecule has 1 heterocycles. The Balaban J connectivity index is 2.77.